The molecule has 1 aliphatic heterocycles. The third kappa shape index (κ3) is 4.96. The highest BCUT2D eigenvalue weighted by atomic mass is 19.4. The van der Waals surface area contributed by atoms with Gasteiger partial charge < -0.3 is 9.47 Å². The normalized spacial score (nSPS) is 22.5. The lowest BCUT2D eigenvalue weighted by atomic mass is 10.3. The standard InChI is InChI=1S/C7H10F3NO4/c8-7(9,10)4-15-11-6(12)5-3-13-1-2-14-5/h5H,1-4H2,(H,11,12). The zero-order chi connectivity index (χ0) is 11.3. The first-order valence-corrected chi connectivity index (χ1v) is 4.17. The number of hydrogen-bond acceptors (Lipinski definition) is 4. The summed E-state index contributed by atoms with van der Waals surface area (Å²) in [4.78, 5) is 15.0. The van der Waals surface area contributed by atoms with Crippen LogP contribution >= 0.6 is 0 Å². The molecular formula is C7H10F3NO4. The van der Waals surface area contributed by atoms with Gasteiger partial charge in [-0.1, -0.05) is 0 Å². The molecule has 0 aromatic heterocycles. The van der Waals surface area contributed by atoms with Crippen molar-refractivity contribution in [3.63, 3.8) is 0 Å². The minimum Gasteiger partial charge on any atom is -0.376 e. The van der Waals surface area contributed by atoms with Crippen LogP contribution in [0.4, 0.5) is 13.2 Å². The number of carbonyl (C=O) groups excluding carboxylic acids is 1. The van der Waals surface area contributed by atoms with Gasteiger partial charge in [0.15, 0.2) is 12.7 Å². The summed E-state index contributed by atoms with van der Waals surface area (Å²) in [6, 6.07) is 0. The van der Waals surface area contributed by atoms with Gasteiger partial charge in [-0.3, -0.25) is 9.63 Å². The highest BCUT2D eigenvalue weighted by Crippen LogP contribution is 2.13. The van der Waals surface area contributed by atoms with Crippen LogP contribution in [0.15, 0.2) is 0 Å². The summed E-state index contributed by atoms with van der Waals surface area (Å²) in [6.45, 7) is -0.919. The smallest absolute Gasteiger partial charge is 0.376 e. The molecule has 1 atom stereocenters. The van der Waals surface area contributed by atoms with E-state index in [2.05, 4.69) is 4.84 Å². The summed E-state index contributed by atoms with van der Waals surface area (Å²) in [5, 5.41) is 0. The van der Waals surface area contributed by atoms with Crippen molar-refractivity contribution < 1.29 is 32.3 Å². The third-order valence-electron chi connectivity index (χ3n) is 1.52. The average molecular weight is 229 g/mol. The molecule has 5 nitrogen and oxygen atoms in total. The molecule has 8 heteroatoms. The van der Waals surface area contributed by atoms with Crippen molar-refractivity contribution in [2.24, 2.45) is 0 Å². The van der Waals surface area contributed by atoms with Crippen molar-refractivity contribution >= 4 is 5.91 Å². The van der Waals surface area contributed by atoms with E-state index in [1.807, 2.05) is 0 Å². The van der Waals surface area contributed by atoms with Crippen LogP contribution in [0.5, 0.6) is 0 Å². The summed E-state index contributed by atoms with van der Waals surface area (Å²) in [6.07, 6.45) is -5.39. The highest BCUT2D eigenvalue weighted by Gasteiger charge is 2.29. The second kappa shape index (κ2) is 5.29. The summed E-state index contributed by atoms with van der Waals surface area (Å²) in [7, 11) is 0. The van der Waals surface area contributed by atoms with Crippen LogP contribution in [-0.2, 0) is 19.1 Å². The van der Waals surface area contributed by atoms with Crippen molar-refractivity contribution in [3.8, 4) is 0 Å². The topological polar surface area (TPSA) is 56.8 Å². The Hall–Kier alpha value is -0.860. The molecule has 0 bridgehead atoms. The van der Waals surface area contributed by atoms with Gasteiger partial charge in [-0.25, -0.2) is 5.48 Å². The molecule has 0 aromatic carbocycles. The predicted molar refractivity (Wildman–Crippen MR) is 40.7 cm³/mol. The first-order chi connectivity index (χ1) is 6.99. The van der Waals surface area contributed by atoms with Crippen molar-refractivity contribution in [2.75, 3.05) is 26.4 Å². The number of hydrogen-bond donors (Lipinski definition) is 1. The SMILES string of the molecule is O=C(NOCC(F)(F)F)C1COCCO1. The second-order valence-corrected chi connectivity index (χ2v) is 2.80. The van der Waals surface area contributed by atoms with Crippen LogP contribution in [0.25, 0.3) is 0 Å². The molecule has 1 saturated heterocycles. The molecule has 1 N–H and O–H groups in total. The van der Waals surface area contributed by atoms with Crippen LogP contribution in [0, 0.1) is 0 Å². The van der Waals surface area contributed by atoms with E-state index in [0.717, 1.165) is 0 Å². The Morgan fingerprint density at radius 2 is 2.20 bits per heavy atom. The minimum absolute atomic E-state index is 0.0151. The van der Waals surface area contributed by atoms with E-state index < -0.39 is 24.8 Å². The van der Waals surface area contributed by atoms with E-state index in [1.165, 1.54) is 0 Å². The lowest BCUT2D eigenvalue weighted by Gasteiger charge is -2.21. The van der Waals surface area contributed by atoms with Crippen LogP contribution in [0.2, 0.25) is 0 Å². The first-order valence-electron chi connectivity index (χ1n) is 4.17. The van der Waals surface area contributed by atoms with Gasteiger partial charge in [0.1, 0.15) is 0 Å². The molecule has 1 rings (SSSR count). The van der Waals surface area contributed by atoms with Crippen LogP contribution < -0.4 is 5.48 Å². The molecule has 1 amide bonds. The first kappa shape index (κ1) is 12.2. The van der Waals surface area contributed by atoms with Crippen LogP contribution in [-0.4, -0.2) is 44.6 Å². The van der Waals surface area contributed by atoms with E-state index in [-0.39, 0.29) is 13.2 Å². The van der Waals surface area contributed by atoms with Gasteiger partial charge in [-0.15, -0.1) is 0 Å². The molecule has 0 spiro atoms. The molecule has 1 aliphatic rings. The van der Waals surface area contributed by atoms with Crippen LogP contribution in [0.3, 0.4) is 0 Å². The predicted octanol–water partition coefficient (Wildman–Crippen LogP) is 0.0119. The van der Waals surface area contributed by atoms with E-state index in [4.69, 9.17) is 9.47 Å². The Kier molecular flexibility index (Phi) is 4.30. The third-order valence-corrected chi connectivity index (χ3v) is 1.52. The molecule has 0 aromatic rings. The lowest BCUT2D eigenvalue weighted by molar-refractivity contribution is -0.197. The largest absolute Gasteiger partial charge is 0.414 e. The number of hydroxylamine groups is 1. The molecule has 0 radical (unpaired) electrons. The Bertz CT molecular complexity index is 215. The van der Waals surface area contributed by atoms with Crippen molar-refractivity contribution in [3.05, 3.63) is 0 Å². The fraction of sp³-hybridized carbons (Fsp3) is 0.857. The molecule has 1 unspecified atom stereocenters. The summed E-state index contributed by atoms with van der Waals surface area (Å²) in [5.74, 6) is -0.779. The number of rotatable bonds is 3. The fourth-order valence-electron chi connectivity index (χ4n) is 0.894. The maximum Gasteiger partial charge on any atom is 0.414 e. The molecule has 1 heterocycles. The Morgan fingerprint density at radius 1 is 1.47 bits per heavy atom. The Morgan fingerprint density at radius 3 is 2.73 bits per heavy atom. The number of ether oxygens (including phenoxy) is 2. The maximum atomic E-state index is 11.6. The van der Waals surface area contributed by atoms with Crippen molar-refractivity contribution in [2.45, 2.75) is 12.3 Å². The van der Waals surface area contributed by atoms with E-state index in [1.54, 1.807) is 5.48 Å². The molecule has 88 valence electrons. The van der Waals surface area contributed by atoms with Gasteiger partial charge in [-0.2, -0.15) is 13.2 Å². The van der Waals surface area contributed by atoms with Gasteiger partial charge in [0.2, 0.25) is 0 Å². The molecule has 1 fully saturated rings. The number of nitrogens with one attached hydrogen (secondary N) is 1. The van der Waals surface area contributed by atoms with Gasteiger partial charge in [0, 0.05) is 0 Å². The number of alkyl halides is 3. The Labute approximate surface area is 83.4 Å². The van der Waals surface area contributed by atoms with Gasteiger partial charge in [-0.05, 0) is 0 Å². The maximum absolute atomic E-state index is 11.6. The average Bonchev–Trinajstić information content (AvgIpc) is 2.17. The fourth-order valence-corrected chi connectivity index (χ4v) is 0.894. The zero-order valence-electron chi connectivity index (χ0n) is 7.67. The monoisotopic (exact) mass is 229 g/mol. The van der Waals surface area contributed by atoms with Crippen molar-refractivity contribution in [1.29, 1.82) is 0 Å². The van der Waals surface area contributed by atoms with Crippen LogP contribution in [0.1, 0.15) is 0 Å². The second-order valence-electron chi connectivity index (χ2n) is 2.80. The summed E-state index contributed by atoms with van der Waals surface area (Å²) in [5.41, 5.74) is 1.64. The number of amides is 1. The Balaban J connectivity index is 2.17. The van der Waals surface area contributed by atoms with Gasteiger partial charge in [0.25, 0.3) is 5.91 Å². The van der Waals surface area contributed by atoms with Gasteiger partial charge >= 0.3 is 6.18 Å². The van der Waals surface area contributed by atoms with Crippen molar-refractivity contribution in [1.82, 2.24) is 5.48 Å². The zero-order valence-corrected chi connectivity index (χ0v) is 7.67. The minimum atomic E-state index is -4.47. The molecule has 0 saturated carbocycles. The number of halogens is 3. The van der Waals surface area contributed by atoms with Gasteiger partial charge in [0.05, 0.1) is 19.8 Å². The summed E-state index contributed by atoms with van der Waals surface area (Å²) >= 11 is 0. The highest BCUT2D eigenvalue weighted by molar-refractivity contribution is 5.79. The molecule has 0 aliphatic carbocycles. The van der Waals surface area contributed by atoms with E-state index in [0.29, 0.717) is 6.61 Å². The molecule has 15 heavy (non-hydrogen) atoms. The lowest BCUT2D eigenvalue weighted by Crippen LogP contribution is -2.43. The van der Waals surface area contributed by atoms with E-state index in [9.17, 15) is 18.0 Å². The number of carbonyl (C=O) groups is 1. The molecular weight excluding hydrogens is 219 g/mol. The van der Waals surface area contributed by atoms with E-state index >= 15 is 0 Å². The quantitative estimate of drug-likeness (QED) is 0.693. The summed E-state index contributed by atoms with van der Waals surface area (Å²) < 4.78 is 44.7.